The van der Waals surface area contributed by atoms with Crippen LogP contribution in [-0.4, -0.2) is 13.1 Å². The maximum atomic E-state index is 5.82. The molecule has 80 valence electrons. The number of anilines is 1. The Bertz CT molecular complexity index is 283. The summed E-state index contributed by atoms with van der Waals surface area (Å²) in [6.07, 6.45) is 1.07. The zero-order valence-corrected chi connectivity index (χ0v) is 10.2. The Morgan fingerprint density at radius 2 is 2.21 bits per heavy atom. The van der Waals surface area contributed by atoms with E-state index in [0.29, 0.717) is 0 Å². The first-order valence-electron chi connectivity index (χ1n) is 4.73. The van der Waals surface area contributed by atoms with E-state index in [1.807, 2.05) is 12.1 Å². The van der Waals surface area contributed by atoms with Crippen LogP contribution in [0.4, 0.5) is 5.00 Å². The Morgan fingerprint density at radius 3 is 2.71 bits per heavy atom. The molecule has 0 unspecified atom stereocenters. The highest BCUT2D eigenvalue weighted by Crippen LogP contribution is 2.26. The molecule has 2 nitrogen and oxygen atoms in total. The van der Waals surface area contributed by atoms with Crippen molar-refractivity contribution in [3.05, 3.63) is 16.5 Å². The number of hydrogen-bond acceptors (Lipinski definition) is 3. The quantitative estimate of drug-likeness (QED) is 0.819. The van der Waals surface area contributed by atoms with Gasteiger partial charge in [-0.2, -0.15) is 0 Å². The maximum Gasteiger partial charge on any atom is 0.0950 e. The van der Waals surface area contributed by atoms with Gasteiger partial charge in [0.2, 0.25) is 0 Å². The molecule has 0 radical (unpaired) electrons. The first-order chi connectivity index (χ1) is 6.53. The molecule has 0 atom stereocenters. The molecule has 0 saturated heterocycles. The molecule has 3 N–H and O–H groups in total. The lowest BCUT2D eigenvalue weighted by Gasteiger charge is -2.22. The topological polar surface area (TPSA) is 38.0 Å². The number of halogens is 1. The summed E-state index contributed by atoms with van der Waals surface area (Å²) in [5.74, 6) is 0. The molecule has 1 aromatic rings. The van der Waals surface area contributed by atoms with Crippen LogP contribution in [0.5, 0.6) is 0 Å². The number of hydrogen-bond donors (Lipinski definition) is 2. The van der Waals surface area contributed by atoms with Crippen molar-refractivity contribution in [1.29, 1.82) is 0 Å². The highest BCUT2D eigenvalue weighted by molar-refractivity contribution is 7.19. The van der Waals surface area contributed by atoms with Crippen molar-refractivity contribution in [1.82, 2.24) is 0 Å². The van der Waals surface area contributed by atoms with Crippen LogP contribution in [0.2, 0.25) is 4.34 Å². The molecular weight excluding hydrogens is 216 g/mol. The van der Waals surface area contributed by atoms with E-state index in [1.165, 1.54) is 0 Å². The van der Waals surface area contributed by atoms with Crippen LogP contribution in [0, 0.1) is 5.41 Å². The number of nitrogens with one attached hydrogen (secondary N) is 1. The van der Waals surface area contributed by atoms with Crippen molar-refractivity contribution in [3.63, 3.8) is 0 Å². The Hall–Kier alpha value is -0.250. The van der Waals surface area contributed by atoms with Crippen molar-refractivity contribution < 1.29 is 0 Å². The fourth-order valence-electron chi connectivity index (χ4n) is 1.04. The molecule has 1 aromatic heterocycles. The fourth-order valence-corrected chi connectivity index (χ4v) is 2.00. The molecule has 0 aliphatic carbocycles. The Kier molecular flexibility index (Phi) is 4.23. The summed E-state index contributed by atoms with van der Waals surface area (Å²) < 4.78 is 0.825. The normalized spacial score (nSPS) is 11.7. The molecule has 0 amide bonds. The molecule has 0 aromatic carbocycles. The summed E-state index contributed by atoms with van der Waals surface area (Å²) >= 11 is 7.38. The summed E-state index contributed by atoms with van der Waals surface area (Å²) in [5.41, 5.74) is 5.86. The summed E-state index contributed by atoms with van der Waals surface area (Å²) in [6, 6.07) is 3.91. The Morgan fingerprint density at radius 1 is 1.50 bits per heavy atom. The fraction of sp³-hybridized carbons (Fsp3) is 0.600. The Labute approximate surface area is 94.5 Å². The number of thiophene rings is 1. The van der Waals surface area contributed by atoms with Gasteiger partial charge in [-0.15, -0.1) is 11.3 Å². The molecule has 0 bridgehead atoms. The van der Waals surface area contributed by atoms with Crippen LogP contribution in [0.1, 0.15) is 20.3 Å². The predicted octanol–water partition coefficient (Wildman–Crippen LogP) is 3.19. The monoisotopic (exact) mass is 232 g/mol. The number of rotatable bonds is 5. The third kappa shape index (κ3) is 3.86. The van der Waals surface area contributed by atoms with Gasteiger partial charge in [0.15, 0.2) is 0 Å². The lowest BCUT2D eigenvalue weighted by Crippen LogP contribution is -2.26. The molecule has 1 rings (SSSR count). The maximum absolute atomic E-state index is 5.82. The SMILES string of the molecule is CC(C)(CN)CCNc1ccc(Cl)s1. The van der Waals surface area contributed by atoms with E-state index in [4.69, 9.17) is 17.3 Å². The minimum Gasteiger partial charge on any atom is -0.377 e. The van der Waals surface area contributed by atoms with Gasteiger partial charge in [-0.1, -0.05) is 25.4 Å². The predicted molar refractivity (Wildman–Crippen MR) is 65.3 cm³/mol. The van der Waals surface area contributed by atoms with Crippen LogP contribution in [0.15, 0.2) is 12.1 Å². The van der Waals surface area contributed by atoms with E-state index in [1.54, 1.807) is 11.3 Å². The van der Waals surface area contributed by atoms with Crippen LogP contribution in [-0.2, 0) is 0 Å². The lowest BCUT2D eigenvalue weighted by molar-refractivity contribution is 0.358. The van der Waals surface area contributed by atoms with Gasteiger partial charge in [0.05, 0.1) is 9.34 Å². The molecule has 0 fully saturated rings. The van der Waals surface area contributed by atoms with Crippen LogP contribution in [0.3, 0.4) is 0 Å². The van der Waals surface area contributed by atoms with Gasteiger partial charge in [-0.3, -0.25) is 0 Å². The first kappa shape index (κ1) is 11.8. The van der Waals surface area contributed by atoms with Crippen LogP contribution in [0.25, 0.3) is 0 Å². The summed E-state index contributed by atoms with van der Waals surface area (Å²) in [5, 5.41) is 4.46. The van der Waals surface area contributed by atoms with Gasteiger partial charge < -0.3 is 11.1 Å². The first-order valence-corrected chi connectivity index (χ1v) is 5.92. The van der Waals surface area contributed by atoms with Gasteiger partial charge in [0, 0.05) is 6.54 Å². The van der Waals surface area contributed by atoms with Crippen LogP contribution >= 0.6 is 22.9 Å². The van der Waals surface area contributed by atoms with Gasteiger partial charge >= 0.3 is 0 Å². The van der Waals surface area contributed by atoms with Crippen molar-refractivity contribution in [2.75, 3.05) is 18.4 Å². The molecule has 0 aliphatic rings. The molecule has 0 aliphatic heterocycles. The van der Waals surface area contributed by atoms with Crippen LogP contribution < -0.4 is 11.1 Å². The molecule has 0 saturated carbocycles. The van der Waals surface area contributed by atoms with Crippen molar-refractivity contribution in [2.24, 2.45) is 11.1 Å². The van der Waals surface area contributed by atoms with E-state index < -0.39 is 0 Å². The van der Waals surface area contributed by atoms with Crippen molar-refractivity contribution >= 4 is 27.9 Å². The van der Waals surface area contributed by atoms with Gasteiger partial charge in [0.25, 0.3) is 0 Å². The number of nitrogens with two attached hydrogens (primary N) is 1. The summed E-state index contributed by atoms with van der Waals surface area (Å²) in [7, 11) is 0. The minimum atomic E-state index is 0.216. The summed E-state index contributed by atoms with van der Waals surface area (Å²) in [6.45, 7) is 6.02. The second kappa shape index (κ2) is 5.01. The highest BCUT2D eigenvalue weighted by atomic mass is 35.5. The Balaban J connectivity index is 2.28. The summed E-state index contributed by atoms with van der Waals surface area (Å²) in [4.78, 5) is 0. The van der Waals surface area contributed by atoms with E-state index in [2.05, 4.69) is 19.2 Å². The minimum absolute atomic E-state index is 0.216. The van der Waals surface area contributed by atoms with E-state index >= 15 is 0 Å². The van der Waals surface area contributed by atoms with Crippen molar-refractivity contribution in [2.45, 2.75) is 20.3 Å². The third-order valence-electron chi connectivity index (χ3n) is 2.23. The zero-order chi connectivity index (χ0) is 10.6. The molecular formula is C10H17ClN2S. The van der Waals surface area contributed by atoms with Gasteiger partial charge in [-0.25, -0.2) is 0 Å². The van der Waals surface area contributed by atoms with Gasteiger partial charge in [0.1, 0.15) is 0 Å². The molecule has 0 spiro atoms. The van der Waals surface area contributed by atoms with Crippen molar-refractivity contribution in [3.8, 4) is 0 Å². The third-order valence-corrected chi connectivity index (χ3v) is 3.42. The standard InChI is InChI=1S/C10H17ClN2S/c1-10(2,7-12)5-6-13-9-4-3-8(11)14-9/h3-4,13H,5-7,12H2,1-2H3. The van der Waals surface area contributed by atoms with Gasteiger partial charge in [-0.05, 0) is 30.5 Å². The second-order valence-electron chi connectivity index (χ2n) is 4.15. The highest BCUT2D eigenvalue weighted by Gasteiger charge is 2.14. The lowest BCUT2D eigenvalue weighted by atomic mass is 9.90. The average molecular weight is 233 g/mol. The molecule has 14 heavy (non-hydrogen) atoms. The second-order valence-corrected chi connectivity index (χ2v) is 5.86. The largest absolute Gasteiger partial charge is 0.377 e. The van der Waals surface area contributed by atoms with E-state index in [9.17, 15) is 0 Å². The average Bonchev–Trinajstić information content (AvgIpc) is 2.51. The zero-order valence-electron chi connectivity index (χ0n) is 8.64. The van der Waals surface area contributed by atoms with E-state index in [-0.39, 0.29) is 5.41 Å². The molecule has 1 heterocycles. The van der Waals surface area contributed by atoms with E-state index in [0.717, 1.165) is 28.8 Å². The smallest absolute Gasteiger partial charge is 0.0950 e. The molecule has 4 heteroatoms.